The zero-order chi connectivity index (χ0) is 23.5. The van der Waals surface area contributed by atoms with E-state index in [1.807, 2.05) is 30.3 Å². The molecule has 1 aromatic carbocycles. The van der Waals surface area contributed by atoms with Crippen molar-refractivity contribution in [3.05, 3.63) is 35.9 Å². The molecule has 3 atom stereocenters. The maximum Gasteiger partial charge on any atom is 0.408 e. The van der Waals surface area contributed by atoms with Crippen LogP contribution in [0.25, 0.3) is 0 Å². The second-order valence-corrected chi connectivity index (χ2v) is 9.08. The van der Waals surface area contributed by atoms with Gasteiger partial charge in [0.05, 0.1) is 12.5 Å². The van der Waals surface area contributed by atoms with Gasteiger partial charge < -0.3 is 20.7 Å². The Hall–Kier alpha value is -3.08. The third kappa shape index (κ3) is 8.08. The molecular formula is C25H34N4O4. The topological polar surface area (TPSA) is 120 Å². The number of alkyl carbamates (subject to hydrolysis) is 1. The van der Waals surface area contributed by atoms with Crippen LogP contribution in [0, 0.1) is 23.2 Å². The van der Waals surface area contributed by atoms with Crippen molar-refractivity contribution in [2.75, 3.05) is 6.54 Å². The first kappa shape index (κ1) is 24.6. The summed E-state index contributed by atoms with van der Waals surface area (Å²) in [5.41, 5.74) is 0.866. The van der Waals surface area contributed by atoms with E-state index in [1.165, 1.54) is 6.42 Å². The highest BCUT2D eigenvalue weighted by Crippen LogP contribution is 2.27. The van der Waals surface area contributed by atoms with Crippen LogP contribution >= 0.6 is 0 Å². The van der Waals surface area contributed by atoms with E-state index in [0.717, 1.165) is 31.2 Å². The molecule has 3 amide bonds. The van der Waals surface area contributed by atoms with Crippen LogP contribution < -0.4 is 16.0 Å². The van der Waals surface area contributed by atoms with E-state index in [0.29, 0.717) is 31.7 Å². The van der Waals surface area contributed by atoms with E-state index in [-0.39, 0.29) is 30.8 Å². The predicted octanol–water partition coefficient (Wildman–Crippen LogP) is 3.18. The van der Waals surface area contributed by atoms with Crippen LogP contribution in [0.3, 0.4) is 0 Å². The van der Waals surface area contributed by atoms with Crippen molar-refractivity contribution < 1.29 is 19.1 Å². The minimum absolute atomic E-state index is 0.0337. The smallest absolute Gasteiger partial charge is 0.408 e. The van der Waals surface area contributed by atoms with Gasteiger partial charge in [-0.2, -0.15) is 5.26 Å². The van der Waals surface area contributed by atoms with E-state index < -0.39 is 18.2 Å². The fourth-order valence-electron chi connectivity index (χ4n) is 4.71. The molecule has 1 aliphatic heterocycles. The Morgan fingerprint density at radius 2 is 1.85 bits per heavy atom. The molecule has 1 saturated carbocycles. The first-order chi connectivity index (χ1) is 16.0. The fourth-order valence-corrected chi connectivity index (χ4v) is 4.71. The standard InChI is InChI=1S/C25H34N4O4/c26-13-11-21(16-20-12-14-27-23(20)30)28-24(31)22(15-18-7-3-1-4-8-18)29-25(32)33-17-19-9-5-2-6-10-19/h2,5-6,9-10,18,20-22H,1,3-4,7-8,11-12,14-17H2,(H,27,30)(H,28,31)(H,29,32)/t20-,21+,22-/m0/s1. The minimum atomic E-state index is -0.741. The molecule has 3 N–H and O–H groups in total. The van der Waals surface area contributed by atoms with Crippen LogP contribution in [-0.2, 0) is 20.9 Å². The molecule has 3 rings (SSSR count). The Labute approximate surface area is 195 Å². The van der Waals surface area contributed by atoms with Crippen molar-refractivity contribution in [2.45, 2.75) is 76.5 Å². The lowest BCUT2D eigenvalue weighted by Crippen LogP contribution is -2.51. The van der Waals surface area contributed by atoms with Crippen molar-refractivity contribution >= 4 is 17.9 Å². The minimum Gasteiger partial charge on any atom is -0.445 e. The lowest BCUT2D eigenvalue weighted by atomic mass is 9.84. The lowest BCUT2D eigenvalue weighted by molar-refractivity contribution is -0.126. The maximum atomic E-state index is 13.2. The zero-order valence-corrected chi connectivity index (χ0v) is 19.1. The Morgan fingerprint density at radius 3 is 2.52 bits per heavy atom. The average molecular weight is 455 g/mol. The molecular weight excluding hydrogens is 420 g/mol. The number of rotatable bonds is 10. The Kier molecular flexibility index (Phi) is 9.55. The normalized spacial score (nSPS) is 20.2. The molecule has 2 aliphatic rings. The van der Waals surface area contributed by atoms with Gasteiger partial charge in [0.2, 0.25) is 11.8 Å². The van der Waals surface area contributed by atoms with Crippen LogP contribution in [0.1, 0.15) is 63.4 Å². The van der Waals surface area contributed by atoms with E-state index in [4.69, 9.17) is 4.74 Å². The van der Waals surface area contributed by atoms with E-state index in [9.17, 15) is 19.6 Å². The third-order valence-corrected chi connectivity index (χ3v) is 6.53. The largest absolute Gasteiger partial charge is 0.445 e. The van der Waals surface area contributed by atoms with Crippen molar-refractivity contribution in [2.24, 2.45) is 11.8 Å². The second-order valence-electron chi connectivity index (χ2n) is 9.08. The van der Waals surface area contributed by atoms with Crippen molar-refractivity contribution in [1.82, 2.24) is 16.0 Å². The van der Waals surface area contributed by atoms with Gasteiger partial charge in [-0.15, -0.1) is 0 Å². The van der Waals surface area contributed by atoms with Crippen molar-refractivity contribution in [3.8, 4) is 6.07 Å². The molecule has 1 heterocycles. The second kappa shape index (κ2) is 12.8. The van der Waals surface area contributed by atoms with Gasteiger partial charge in [-0.25, -0.2) is 4.79 Å². The van der Waals surface area contributed by atoms with Gasteiger partial charge in [-0.05, 0) is 30.7 Å². The first-order valence-electron chi connectivity index (χ1n) is 12.0. The number of hydrogen-bond donors (Lipinski definition) is 3. The molecule has 1 aromatic rings. The number of ether oxygens (including phenoxy) is 1. The van der Waals surface area contributed by atoms with Crippen LogP contribution in [0.4, 0.5) is 4.79 Å². The molecule has 0 unspecified atom stereocenters. The molecule has 0 spiro atoms. The van der Waals surface area contributed by atoms with Crippen LogP contribution in [0.5, 0.6) is 0 Å². The van der Waals surface area contributed by atoms with Gasteiger partial charge in [0, 0.05) is 18.5 Å². The summed E-state index contributed by atoms with van der Waals surface area (Å²) < 4.78 is 5.34. The lowest BCUT2D eigenvalue weighted by Gasteiger charge is -2.28. The molecule has 8 nitrogen and oxygen atoms in total. The Balaban J connectivity index is 1.60. The molecule has 8 heteroatoms. The highest BCUT2D eigenvalue weighted by molar-refractivity contribution is 5.86. The summed E-state index contributed by atoms with van der Waals surface area (Å²) in [6.07, 6.45) is 6.67. The van der Waals surface area contributed by atoms with Crippen LogP contribution in [-0.4, -0.2) is 36.5 Å². The summed E-state index contributed by atoms with van der Waals surface area (Å²) in [5.74, 6) is -0.201. The number of carbonyl (C=O) groups is 3. The number of nitrogens with zero attached hydrogens (tertiary/aromatic N) is 1. The van der Waals surface area contributed by atoms with E-state index in [1.54, 1.807) is 0 Å². The molecule has 2 fully saturated rings. The van der Waals surface area contributed by atoms with Crippen LogP contribution in [0.2, 0.25) is 0 Å². The number of benzene rings is 1. The monoisotopic (exact) mass is 454 g/mol. The average Bonchev–Trinajstić information content (AvgIpc) is 3.23. The highest BCUT2D eigenvalue weighted by atomic mass is 16.5. The molecule has 0 bridgehead atoms. The number of nitrogens with one attached hydrogen (secondary N) is 3. The summed E-state index contributed by atoms with van der Waals surface area (Å²) in [5, 5.41) is 17.7. The summed E-state index contributed by atoms with van der Waals surface area (Å²) in [7, 11) is 0. The SMILES string of the molecule is N#CC[C@H](C[C@@H]1CCNC1=O)NC(=O)[C@H](CC1CCCCC1)NC(=O)OCc1ccccc1. The van der Waals surface area contributed by atoms with Gasteiger partial charge in [0.25, 0.3) is 0 Å². The molecule has 33 heavy (non-hydrogen) atoms. The highest BCUT2D eigenvalue weighted by Gasteiger charge is 2.31. The van der Waals surface area contributed by atoms with Crippen molar-refractivity contribution in [1.29, 1.82) is 5.26 Å². The van der Waals surface area contributed by atoms with Gasteiger partial charge >= 0.3 is 6.09 Å². The Morgan fingerprint density at radius 1 is 1.09 bits per heavy atom. The van der Waals surface area contributed by atoms with E-state index in [2.05, 4.69) is 22.0 Å². The summed E-state index contributed by atoms with van der Waals surface area (Å²) in [6.45, 7) is 0.744. The number of amides is 3. The van der Waals surface area contributed by atoms with E-state index >= 15 is 0 Å². The van der Waals surface area contributed by atoms with Crippen LogP contribution in [0.15, 0.2) is 30.3 Å². The molecule has 1 saturated heterocycles. The number of hydrogen-bond acceptors (Lipinski definition) is 5. The zero-order valence-electron chi connectivity index (χ0n) is 19.1. The van der Waals surface area contributed by atoms with Gasteiger partial charge in [0.1, 0.15) is 12.6 Å². The van der Waals surface area contributed by atoms with Gasteiger partial charge in [-0.1, -0.05) is 62.4 Å². The molecule has 0 aromatic heterocycles. The quantitative estimate of drug-likeness (QED) is 0.501. The summed E-state index contributed by atoms with van der Waals surface area (Å²) >= 11 is 0. The summed E-state index contributed by atoms with van der Waals surface area (Å²) in [6, 6.07) is 10.3. The molecule has 1 aliphatic carbocycles. The number of nitriles is 1. The van der Waals surface area contributed by atoms with Gasteiger partial charge in [-0.3, -0.25) is 9.59 Å². The van der Waals surface area contributed by atoms with Crippen molar-refractivity contribution in [3.63, 3.8) is 0 Å². The third-order valence-electron chi connectivity index (χ3n) is 6.53. The summed E-state index contributed by atoms with van der Waals surface area (Å²) in [4.78, 5) is 37.6. The molecule has 178 valence electrons. The molecule has 0 radical (unpaired) electrons. The number of carbonyl (C=O) groups excluding carboxylic acids is 3. The predicted molar refractivity (Wildman–Crippen MR) is 123 cm³/mol. The first-order valence-corrected chi connectivity index (χ1v) is 12.0. The van der Waals surface area contributed by atoms with Gasteiger partial charge in [0.15, 0.2) is 0 Å². The fraction of sp³-hybridized carbons (Fsp3) is 0.600. The maximum absolute atomic E-state index is 13.2. The Bertz CT molecular complexity index is 833.